The summed E-state index contributed by atoms with van der Waals surface area (Å²) < 4.78 is 7.68. The fourth-order valence-corrected chi connectivity index (χ4v) is 2.85. The van der Waals surface area contributed by atoms with Gasteiger partial charge in [-0.25, -0.2) is 9.97 Å². The predicted octanol–water partition coefficient (Wildman–Crippen LogP) is 3.74. The molecule has 0 aromatic carbocycles. The van der Waals surface area contributed by atoms with Crippen molar-refractivity contribution in [2.75, 3.05) is 13.2 Å². The molecule has 3 rings (SSSR count). The van der Waals surface area contributed by atoms with Crippen molar-refractivity contribution >= 4 is 34.4 Å². The van der Waals surface area contributed by atoms with Gasteiger partial charge in [-0.1, -0.05) is 11.6 Å². The summed E-state index contributed by atoms with van der Waals surface area (Å²) in [5, 5.41) is 0.417. The average Bonchev–Trinajstić information content (AvgIpc) is 2.78. The second-order valence-corrected chi connectivity index (χ2v) is 5.91. The van der Waals surface area contributed by atoms with Crippen molar-refractivity contribution < 1.29 is 4.74 Å². The van der Waals surface area contributed by atoms with Gasteiger partial charge >= 0.3 is 0 Å². The zero-order valence-corrected chi connectivity index (χ0v) is 12.2. The highest BCUT2D eigenvalue weighted by molar-refractivity contribution is 6.31. The molecule has 1 saturated heterocycles. The molecule has 2 atom stereocenters. The topological polar surface area (TPSA) is 39.9 Å². The number of imidazole rings is 1. The zero-order chi connectivity index (χ0) is 13.4. The molecule has 0 spiro atoms. The Morgan fingerprint density at radius 1 is 1.53 bits per heavy atom. The summed E-state index contributed by atoms with van der Waals surface area (Å²) in [5.41, 5.74) is 1.63. The van der Waals surface area contributed by atoms with Crippen LogP contribution in [0, 0.1) is 0 Å². The summed E-state index contributed by atoms with van der Waals surface area (Å²) in [4.78, 5) is 8.99. The third-order valence-electron chi connectivity index (χ3n) is 3.38. The highest BCUT2D eigenvalue weighted by Gasteiger charge is 2.24. The number of rotatable bonds is 2. The van der Waals surface area contributed by atoms with E-state index in [0.717, 1.165) is 36.4 Å². The molecule has 102 valence electrons. The van der Waals surface area contributed by atoms with Gasteiger partial charge in [-0.15, -0.1) is 11.6 Å². The van der Waals surface area contributed by atoms with Crippen molar-refractivity contribution in [3.63, 3.8) is 0 Å². The summed E-state index contributed by atoms with van der Waals surface area (Å²) >= 11 is 12.2. The molecule has 0 radical (unpaired) electrons. The van der Waals surface area contributed by atoms with Gasteiger partial charge in [0, 0.05) is 12.8 Å². The number of halogens is 2. The van der Waals surface area contributed by atoms with Gasteiger partial charge in [0.1, 0.15) is 11.3 Å². The van der Waals surface area contributed by atoms with Crippen LogP contribution in [0.15, 0.2) is 12.3 Å². The van der Waals surface area contributed by atoms with Crippen LogP contribution in [0.4, 0.5) is 0 Å². The fourth-order valence-electron chi connectivity index (χ4n) is 2.54. The van der Waals surface area contributed by atoms with Crippen LogP contribution >= 0.6 is 23.2 Å². The van der Waals surface area contributed by atoms with E-state index in [-0.39, 0.29) is 11.4 Å². The lowest BCUT2D eigenvalue weighted by molar-refractivity contribution is 0.0593. The molecule has 2 aromatic heterocycles. The second kappa shape index (κ2) is 5.27. The molecule has 2 unspecified atom stereocenters. The smallest absolute Gasteiger partial charge is 0.160 e. The third-order valence-corrected chi connectivity index (χ3v) is 3.78. The van der Waals surface area contributed by atoms with Crippen LogP contribution in [0.1, 0.15) is 37.0 Å². The van der Waals surface area contributed by atoms with E-state index in [2.05, 4.69) is 14.5 Å². The predicted molar refractivity (Wildman–Crippen MR) is 75.9 cm³/mol. The SMILES string of the molecule is CC(Cl)c1nc2cc(Cl)cnc2n1C1CCCOC1. The first-order valence-electron chi connectivity index (χ1n) is 6.42. The molecule has 19 heavy (non-hydrogen) atoms. The van der Waals surface area contributed by atoms with Crippen molar-refractivity contribution in [3.05, 3.63) is 23.1 Å². The molecule has 0 bridgehead atoms. The lowest BCUT2D eigenvalue weighted by atomic mass is 10.1. The van der Waals surface area contributed by atoms with Crippen LogP contribution in [0.2, 0.25) is 5.02 Å². The van der Waals surface area contributed by atoms with Gasteiger partial charge in [0.2, 0.25) is 0 Å². The van der Waals surface area contributed by atoms with E-state index in [0.29, 0.717) is 11.6 Å². The lowest BCUT2D eigenvalue weighted by Crippen LogP contribution is -2.23. The van der Waals surface area contributed by atoms with Gasteiger partial charge < -0.3 is 9.30 Å². The van der Waals surface area contributed by atoms with Gasteiger partial charge in [0.15, 0.2) is 5.65 Å². The number of ether oxygens (including phenoxy) is 1. The second-order valence-electron chi connectivity index (χ2n) is 4.82. The molecule has 2 aromatic rings. The molecular weight excluding hydrogens is 285 g/mol. The van der Waals surface area contributed by atoms with Crippen molar-refractivity contribution in [2.45, 2.75) is 31.2 Å². The summed E-state index contributed by atoms with van der Waals surface area (Å²) in [6, 6.07) is 2.08. The summed E-state index contributed by atoms with van der Waals surface area (Å²) in [6.07, 6.45) is 3.76. The first-order valence-corrected chi connectivity index (χ1v) is 7.23. The van der Waals surface area contributed by atoms with Crippen LogP contribution < -0.4 is 0 Å². The van der Waals surface area contributed by atoms with Gasteiger partial charge in [0.25, 0.3) is 0 Å². The highest BCUT2D eigenvalue weighted by atomic mass is 35.5. The van der Waals surface area contributed by atoms with E-state index >= 15 is 0 Å². The number of hydrogen-bond donors (Lipinski definition) is 0. The number of pyridine rings is 1. The Bertz CT molecular complexity index is 591. The maximum Gasteiger partial charge on any atom is 0.160 e. The lowest BCUT2D eigenvalue weighted by Gasteiger charge is -2.25. The average molecular weight is 300 g/mol. The van der Waals surface area contributed by atoms with E-state index in [1.54, 1.807) is 6.20 Å². The van der Waals surface area contributed by atoms with Crippen molar-refractivity contribution in [2.24, 2.45) is 0 Å². The van der Waals surface area contributed by atoms with Crippen molar-refractivity contribution in [1.82, 2.24) is 14.5 Å². The maximum atomic E-state index is 6.25. The largest absolute Gasteiger partial charge is 0.379 e. The van der Waals surface area contributed by atoms with E-state index in [1.165, 1.54) is 0 Å². The number of aromatic nitrogens is 3. The minimum atomic E-state index is -0.171. The van der Waals surface area contributed by atoms with Crippen molar-refractivity contribution in [1.29, 1.82) is 0 Å². The molecule has 0 aliphatic carbocycles. The Morgan fingerprint density at radius 2 is 2.37 bits per heavy atom. The van der Waals surface area contributed by atoms with Crippen LogP contribution in [0.25, 0.3) is 11.2 Å². The molecule has 1 aliphatic rings. The minimum Gasteiger partial charge on any atom is -0.379 e. The van der Waals surface area contributed by atoms with E-state index in [9.17, 15) is 0 Å². The number of hydrogen-bond acceptors (Lipinski definition) is 3. The minimum absolute atomic E-state index is 0.171. The molecule has 1 fully saturated rings. The fraction of sp³-hybridized carbons (Fsp3) is 0.538. The Hall–Kier alpha value is -0.840. The monoisotopic (exact) mass is 299 g/mol. The van der Waals surface area contributed by atoms with E-state index < -0.39 is 0 Å². The molecule has 3 heterocycles. The zero-order valence-electron chi connectivity index (χ0n) is 10.6. The van der Waals surface area contributed by atoms with E-state index in [1.807, 2.05) is 13.0 Å². The first kappa shape index (κ1) is 13.2. The molecule has 0 saturated carbocycles. The normalized spacial score (nSPS) is 21.7. The Kier molecular flexibility index (Phi) is 3.65. The summed E-state index contributed by atoms with van der Waals surface area (Å²) in [7, 11) is 0. The number of fused-ring (bicyclic) bond motifs is 1. The summed E-state index contributed by atoms with van der Waals surface area (Å²) in [6.45, 7) is 3.44. The molecule has 1 aliphatic heterocycles. The number of alkyl halides is 1. The molecule has 0 N–H and O–H groups in total. The molecule has 6 heteroatoms. The highest BCUT2D eigenvalue weighted by Crippen LogP contribution is 2.31. The summed E-state index contributed by atoms with van der Waals surface area (Å²) in [5.74, 6) is 0.835. The first-order chi connectivity index (χ1) is 9.16. The molecule has 0 amide bonds. The van der Waals surface area contributed by atoms with Crippen molar-refractivity contribution in [3.8, 4) is 0 Å². The van der Waals surface area contributed by atoms with Crippen LogP contribution in [-0.2, 0) is 4.74 Å². The third kappa shape index (κ3) is 2.45. The molecule has 4 nitrogen and oxygen atoms in total. The van der Waals surface area contributed by atoms with Gasteiger partial charge in [0.05, 0.1) is 23.0 Å². The quantitative estimate of drug-likeness (QED) is 0.793. The van der Waals surface area contributed by atoms with Crippen LogP contribution in [0.3, 0.4) is 0 Å². The van der Waals surface area contributed by atoms with E-state index in [4.69, 9.17) is 27.9 Å². The van der Waals surface area contributed by atoms with Gasteiger partial charge in [-0.3, -0.25) is 0 Å². The van der Waals surface area contributed by atoms with Gasteiger partial charge in [-0.05, 0) is 25.8 Å². The van der Waals surface area contributed by atoms with Crippen LogP contribution in [-0.4, -0.2) is 27.7 Å². The van der Waals surface area contributed by atoms with Gasteiger partial charge in [-0.2, -0.15) is 0 Å². The van der Waals surface area contributed by atoms with Crippen LogP contribution in [0.5, 0.6) is 0 Å². The maximum absolute atomic E-state index is 6.25. The Morgan fingerprint density at radius 3 is 3.05 bits per heavy atom. The molecular formula is C13H15Cl2N3O. The Balaban J connectivity index is 2.15. The standard InChI is InChI=1S/C13H15Cl2N3O/c1-8(14)12-17-11-5-9(15)6-16-13(11)18(12)10-3-2-4-19-7-10/h5-6,8,10H,2-4,7H2,1H3. The Labute approximate surface area is 121 Å². The number of nitrogens with zero attached hydrogens (tertiary/aromatic N) is 3.